The first kappa shape index (κ1) is 17.3. The van der Waals surface area contributed by atoms with E-state index in [1.807, 2.05) is 0 Å². The minimum absolute atomic E-state index is 0.337. The molecule has 20 heavy (non-hydrogen) atoms. The van der Waals surface area contributed by atoms with Crippen LogP contribution >= 0.6 is 0 Å². The van der Waals surface area contributed by atoms with E-state index < -0.39 is 0 Å². The molecule has 0 aromatic carbocycles. The molecule has 0 bridgehead atoms. The maximum Gasteiger partial charge on any atom is 0.0411 e. The van der Waals surface area contributed by atoms with Crippen molar-refractivity contribution in [3.05, 3.63) is 24.5 Å². The maximum atomic E-state index is 2.46. The summed E-state index contributed by atoms with van der Waals surface area (Å²) >= 11 is 0. The van der Waals surface area contributed by atoms with Crippen molar-refractivity contribution >= 4 is 0 Å². The summed E-state index contributed by atoms with van der Waals surface area (Å²) in [5.41, 5.74) is 0.337. The molecule has 1 nitrogen and oxygen atoms in total. The SMILES string of the molecule is CCCCCCCC(C)(CCCCCC)n1cccc1. The number of hydrogen-bond acceptors (Lipinski definition) is 0. The van der Waals surface area contributed by atoms with Crippen LogP contribution < -0.4 is 0 Å². The first-order valence-corrected chi connectivity index (χ1v) is 8.86. The molecule has 0 radical (unpaired) electrons. The van der Waals surface area contributed by atoms with Gasteiger partial charge in [-0.05, 0) is 31.9 Å². The average Bonchev–Trinajstić information content (AvgIpc) is 2.98. The fourth-order valence-corrected chi connectivity index (χ4v) is 3.12. The highest BCUT2D eigenvalue weighted by Gasteiger charge is 2.24. The van der Waals surface area contributed by atoms with Crippen LogP contribution in [0.2, 0.25) is 0 Å². The second kappa shape index (κ2) is 10.1. The fourth-order valence-electron chi connectivity index (χ4n) is 3.12. The van der Waals surface area contributed by atoms with Gasteiger partial charge in [0.1, 0.15) is 0 Å². The van der Waals surface area contributed by atoms with E-state index >= 15 is 0 Å². The smallest absolute Gasteiger partial charge is 0.0411 e. The van der Waals surface area contributed by atoms with Gasteiger partial charge in [-0.1, -0.05) is 71.6 Å². The first-order chi connectivity index (χ1) is 9.73. The molecule has 1 atom stereocenters. The molecular formula is C19H35N. The van der Waals surface area contributed by atoms with Crippen LogP contribution in [0, 0.1) is 0 Å². The number of hydrogen-bond donors (Lipinski definition) is 0. The standard InChI is InChI=1S/C19H35N/c1-4-6-8-10-12-16-19(3,15-11-9-7-5-2)20-17-13-14-18-20/h13-14,17-18H,4-12,15-16H2,1-3H3. The lowest BCUT2D eigenvalue weighted by Crippen LogP contribution is -2.29. The summed E-state index contributed by atoms with van der Waals surface area (Å²) in [5, 5.41) is 0. The topological polar surface area (TPSA) is 4.93 Å². The first-order valence-electron chi connectivity index (χ1n) is 8.86. The van der Waals surface area contributed by atoms with Gasteiger partial charge < -0.3 is 4.57 Å². The molecule has 0 amide bonds. The Kier molecular flexibility index (Phi) is 8.73. The van der Waals surface area contributed by atoms with Crippen molar-refractivity contribution in [1.29, 1.82) is 0 Å². The van der Waals surface area contributed by atoms with E-state index in [2.05, 4.69) is 49.9 Å². The second-order valence-electron chi connectivity index (χ2n) is 6.56. The van der Waals surface area contributed by atoms with Crippen molar-refractivity contribution < 1.29 is 0 Å². The third kappa shape index (κ3) is 6.15. The molecule has 1 heteroatoms. The number of rotatable bonds is 12. The van der Waals surface area contributed by atoms with Gasteiger partial charge in [0.05, 0.1) is 0 Å². The Morgan fingerprint density at radius 1 is 0.700 bits per heavy atom. The summed E-state index contributed by atoms with van der Waals surface area (Å²) < 4.78 is 2.46. The molecule has 116 valence electrons. The summed E-state index contributed by atoms with van der Waals surface area (Å²) in [7, 11) is 0. The van der Waals surface area contributed by atoms with Gasteiger partial charge in [-0.2, -0.15) is 0 Å². The van der Waals surface area contributed by atoms with Crippen LogP contribution in [0.25, 0.3) is 0 Å². The van der Waals surface area contributed by atoms with Gasteiger partial charge in [0.2, 0.25) is 0 Å². The molecule has 0 aliphatic rings. The Bertz CT molecular complexity index is 315. The molecule has 0 spiro atoms. The van der Waals surface area contributed by atoms with E-state index in [-0.39, 0.29) is 0 Å². The van der Waals surface area contributed by atoms with Crippen molar-refractivity contribution in [1.82, 2.24) is 4.57 Å². The van der Waals surface area contributed by atoms with E-state index in [1.54, 1.807) is 0 Å². The molecule has 1 heterocycles. The van der Waals surface area contributed by atoms with E-state index in [4.69, 9.17) is 0 Å². The predicted molar refractivity (Wildman–Crippen MR) is 90.2 cm³/mol. The van der Waals surface area contributed by atoms with E-state index in [1.165, 1.54) is 70.6 Å². The van der Waals surface area contributed by atoms with Crippen LogP contribution in [-0.2, 0) is 5.54 Å². The van der Waals surface area contributed by atoms with Gasteiger partial charge in [-0.25, -0.2) is 0 Å². The summed E-state index contributed by atoms with van der Waals surface area (Å²) in [6, 6.07) is 4.34. The Morgan fingerprint density at radius 2 is 1.15 bits per heavy atom. The van der Waals surface area contributed by atoms with Crippen molar-refractivity contribution in [2.45, 2.75) is 96.9 Å². The summed E-state index contributed by atoms with van der Waals surface area (Å²) in [4.78, 5) is 0. The van der Waals surface area contributed by atoms with Gasteiger partial charge in [0.25, 0.3) is 0 Å². The molecule has 0 aliphatic heterocycles. The minimum atomic E-state index is 0.337. The Morgan fingerprint density at radius 3 is 1.65 bits per heavy atom. The lowest BCUT2D eigenvalue weighted by molar-refractivity contribution is 0.251. The Hall–Kier alpha value is -0.720. The molecule has 0 aliphatic carbocycles. The number of aromatic nitrogens is 1. The molecule has 1 aromatic rings. The van der Waals surface area contributed by atoms with Crippen molar-refractivity contribution in [3.8, 4) is 0 Å². The highest BCUT2D eigenvalue weighted by molar-refractivity contribution is 4.97. The summed E-state index contributed by atoms with van der Waals surface area (Å²) in [6.45, 7) is 7.04. The third-order valence-electron chi connectivity index (χ3n) is 4.62. The maximum absolute atomic E-state index is 2.46. The van der Waals surface area contributed by atoms with E-state index in [0.29, 0.717) is 5.54 Å². The van der Waals surface area contributed by atoms with Gasteiger partial charge in [0, 0.05) is 17.9 Å². The van der Waals surface area contributed by atoms with Crippen LogP contribution in [0.1, 0.15) is 91.4 Å². The molecule has 0 N–H and O–H groups in total. The summed E-state index contributed by atoms with van der Waals surface area (Å²) in [5.74, 6) is 0. The molecule has 1 aromatic heterocycles. The quantitative estimate of drug-likeness (QED) is 0.382. The third-order valence-corrected chi connectivity index (χ3v) is 4.62. The lowest BCUT2D eigenvalue weighted by atomic mass is 9.88. The van der Waals surface area contributed by atoms with Crippen molar-refractivity contribution in [2.24, 2.45) is 0 Å². The number of nitrogens with zero attached hydrogens (tertiary/aromatic N) is 1. The molecule has 1 rings (SSSR count). The zero-order valence-electron chi connectivity index (χ0n) is 14.0. The molecule has 1 unspecified atom stereocenters. The van der Waals surface area contributed by atoms with Crippen molar-refractivity contribution in [2.75, 3.05) is 0 Å². The van der Waals surface area contributed by atoms with E-state index in [9.17, 15) is 0 Å². The summed E-state index contributed by atoms with van der Waals surface area (Å²) in [6.07, 6.45) is 19.6. The molecule has 0 fully saturated rings. The van der Waals surface area contributed by atoms with Gasteiger partial charge in [-0.15, -0.1) is 0 Å². The Labute approximate surface area is 126 Å². The average molecular weight is 277 g/mol. The minimum Gasteiger partial charge on any atom is -0.349 e. The molecule has 0 saturated carbocycles. The van der Waals surface area contributed by atoms with Crippen LogP contribution in [0.5, 0.6) is 0 Å². The molecule has 0 saturated heterocycles. The largest absolute Gasteiger partial charge is 0.349 e. The second-order valence-corrected chi connectivity index (χ2v) is 6.56. The highest BCUT2D eigenvalue weighted by Crippen LogP contribution is 2.30. The van der Waals surface area contributed by atoms with Crippen LogP contribution in [0.3, 0.4) is 0 Å². The zero-order valence-corrected chi connectivity index (χ0v) is 14.0. The predicted octanol–water partition coefficient (Wildman–Crippen LogP) is 6.53. The fraction of sp³-hybridized carbons (Fsp3) is 0.789. The van der Waals surface area contributed by atoms with Crippen LogP contribution in [0.4, 0.5) is 0 Å². The van der Waals surface area contributed by atoms with Crippen molar-refractivity contribution in [3.63, 3.8) is 0 Å². The normalized spacial score (nSPS) is 14.3. The van der Waals surface area contributed by atoms with Crippen LogP contribution in [-0.4, -0.2) is 4.57 Å². The monoisotopic (exact) mass is 277 g/mol. The lowest BCUT2D eigenvalue weighted by Gasteiger charge is -2.32. The van der Waals surface area contributed by atoms with Crippen LogP contribution in [0.15, 0.2) is 24.5 Å². The number of unbranched alkanes of at least 4 members (excludes halogenated alkanes) is 7. The van der Waals surface area contributed by atoms with E-state index in [0.717, 1.165) is 0 Å². The Balaban J connectivity index is 2.43. The zero-order chi connectivity index (χ0) is 14.7. The van der Waals surface area contributed by atoms with Gasteiger partial charge >= 0.3 is 0 Å². The van der Waals surface area contributed by atoms with Gasteiger partial charge in [-0.3, -0.25) is 0 Å². The molecular weight excluding hydrogens is 242 g/mol. The highest BCUT2D eigenvalue weighted by atomic mass is 15.0. The van der Waals surface area contributed by atoms with Gasteiger partial charge in [0.15, 0.2) is 0 Å².